The number of rotatable bonds is 7. The molecule has 0 unspecified atom stereocenters. The van der Waals surface area contributed by atoms with E-state index >= 15 is 0 Å². The molecule has 0 fully saturated rings. The highest BCUT2D eigenvalue weighted by atomic mass is 19.4. The number of alkyl halides is 3. The van der Waals surface area contributed by atoms with Crippen molar-refractivity contribution in [1.29, 1.82) is 0 Å². The van der Waals surface area contributed by atoms with Gasteiger partial charge in [-0.15, -0.1) is 13.2 Å². The summed E-state index contributed by atoms with van der Waals surface area (Å²) in [5.74, 6) is -0.472. The van der Waals surface area contributed by atoms with Crippen LogP contribution in [-0.4, -0.2) is 17.3 Å². The van der Waals surface area contributed by atoms with E-state index in [4.69, 9.17) is 4.42 Å². The molecule has 0 aliphatic heterocycles. The lowest BCUT2D eigenvalue weighted by atomic mass is 10.2. The molecule has 1 heterocycles. The third-order valence-electron chi connectivity index (χ3n) is 3.91. The second-order valence-electron chi connectivity index (χ2n) is 6.07. The number of aryl methyl sites for hydroxylation is 1. The summed E-state index contributed by atoms with van der Waals surface area (Å²) in [7, 11) is 0. The average Bonchev–Trinajstić information content (AvgIpc) is 3.14. The third kappa shape index (κ3) is 6.06. The summed E-state index contributed by atoms with van der Waals surface area (Å²) in [5, 5.41) is 2.65. The summed E-state index contributed by atoms with van der Waals surface area (Å²) in [6.07, 6.45) is -3.04. The largest absolute Gasteiger partial charge is 0.573 e. The van der Waals surface area contributed by atoms with Crippen LogP contribution in [0.25, 0.3) is 11.3 Å². The van der Waals surface area contributed by atoms with E-state index < -0.39 is 12.2 Å². The van der Waals surface area contributed by atoms with Crippen molar-refractivity contribution in [3.8, 4) is 17.1 Å². The first-order valence-electron chi connectivity index (χ1n) is 8.61. The first-order chi connectivity index (χ1) is 13.8. The molecule has 1 aromatic heterocycles. The first kappa shape index (κ1) is 20.4. The number of benzene rings is 2. The second-order valence-corrected chi connectivity index (χ2v) is 6.07. The molecule has 29 heavy (non-hydrogen) atoms. The summed E-state index contributed by atoms with van der Waals surface area (Å²) in [4.78, 5) is 16.0. The molecule has 0 aliphatic carbocycles. The van der Waals surface area contributed by atoms with Crippen molar-refractivity contribution in [1.82, 2.24) is 10.3 Å². The van der Waals surface area contributed by atoms with Crippen molar-refractivity contribution in [3.63, 3.8) is 0 Å². The maximum atomic E-state index is 13.8. The van der Waals surface area contributed by atoms with Crippen molar-refractivity contribution in [2.24, 2.45) is 0 Å². The summed E-state index contributed by atoms with van der Waals surface area (Å²) < 4.78 is 59.4. The molecule has 0 spiro atoms. The van der Waals surface area contributed by atoms with Gasteiger partial charge in [0, 0.05) is 19.4 Å². The number of hydrogen-bond acceptors (Lipinski definition) is 4. The Balaban J connectivity index is 1.46. The Morgan fingerprint density at radius 2 is 1.83 bits per heavy atom. The van der Waals surface area contributed by atoms with E-state index in [1.807, 2.05) is 0 Å². The van der Waals surface area contributed by atoms with Gasteiger partial charge in [-0.1, -0.05) is 24.3 Å². The van der Waals surface area contributed by atoms with Crippen LogP contribution in [0.2, 0.25) is 0 Å². The van der Waals surface area contributed by atoms with Crippen LogP contribution < -0.4 is 10.1 Å². The quantitative estimate of drug-likeness (QED) is 0.579. The number of carbonyl (C=O) groups is 1. The van der Waals surface area contributed by atoms with Gasteiger partial charge in [-0.3, -0.25) is 4.79 Å². The molecule has 0 radical (unpaired) electrons. The summed E-state index contributed by atoms with van der Waals surface area (Å²) >= 11 is 0. The predicted octanol–water partition coefficient (Wildman–Crippen LogP) is 4.63. The van der Waals surface area contributed by atoms with Crippen molar-refractivity contribution < 1.29 is 31.5 Å². The van der Waals surface area contributed by atoms with Crippen molar-refractivity contribution in [2.75, 3.05) is 0 Å². The molecule has 1 amide bonds. The van der Waals surface area contributed by atoms with E-state index in [1.165, 1.54) is 36.5 Å². The van der Waals surface area contributed by atoms with Gasteiger partial charge in [0.25, 0.3) is 0 Å². The lowest BCUT2D eigenvalue weighted by molar-refractivity contribution is -0.274. The van der Waals surface area contributed by atoms with Gasteiger partial charge in [0.05, 0.1) is 11.8 Å². The highest BCUT2D eigenvalue weighted by molar-refractivity contribution is 5.76. The zero-order valence-corrected chi connectivity index (χ0v) is 15.0. The van der Waals surface area contributed by atoms with E-state index in [0.29, 0.717) is 11.5 Å². The number of ether oxygens (including phenoxy) is 1. The lowest BCUT2D eigenvalue weighted by Crippen LogP contribution is -2.23. The molecule has 0 atom stereocenters. The van der Waals surface area contributed by atoms with Crippen LogP contribution in [0, 0.1) is 5.82 Å². The van der Waals surface area contributed by atoms with Crippen molar-refractivity contribution >= 4 is 5.91 Å². The van der Waals surface area contributed by atoms with Crippen LogP contribution in [-0.2, 0) is 17.8 Å². The minimum atomic E-state index is -4.75. The van der Waals surface area contributed by atoms with E-state index in [2.05, 4.69) is 15.0 Å². The number of nitrogens with one attached hydrogen (secondary N) is 1. The van der Waals surface area contributed by atoms with E-state index in [9.17, 15) is 22.4 Å². The molecule has 1 N–H and O–H groups in total. The van der Waals surface area contributed by atoms with Gasteiger partial charge >= 0.3 is 6.36 Å². The molecular formula is C20H16F4N2O3. The molecule has 0 aliphatic rings. The van der Waals surface area contributed by atoms with Gasteiger partial charge in [0.1, 0.15) is 11.6 Å². The van der Waals surface area contributed by atoms with Gasteiger partial charge < -0.3 is 14.5 Å². The Morgan fingerprint density at radius 1 is 1.10 bits per heavy atom. The topological polar surface area (TPSA) is 64.4 Å². The van der Waals surface area contributed by atoms with Crippen LogP contribution in [0.4, 0.5) is 17.6 Å². The fourth-order valence-electron chi connectivity index (χ4n) is 2.53. The maximum absolute atomic E-state index is 13.8. The Morgan fingerprint density at radius 3 is 2.52 bits per heavy atom. The molecular weight excluding hydrogens is 392 g/mol. The normalized spacial score (nSPS) is 11.3. The Kier molecular flexibility index (Phi) is 6.16. The maximum Gasteiger partial charge on any atom is 0.573 e. The molecule has 3 aromatic rings. The number of aromatic nitrogens is 1. The molecule has 152 valence electrons. The van der Waals surface area contributed by atoms with E-state index in [-0.39, 0.29) is 42.4 Å². The van der Waals surface area contributed by atoms with Gasteiger partial charge in [0.15, 0.2) is 11.7 Å². The minimum Gasteiger partial charge on any atom is -0.441 e. The highest BCUT2D eigenvalue weighted by Gasteiger charge is 2.30. The fourth-order valence-corrected chi connectivity index (χ4v) is 2.53. The van der Waals surface area contributed by atoms with Crippen LogP contribution in [0.1, 0.15) is 17.9 Å². The minimum absolute atomic E-state index is 0.0898. The molecule has 5 nitrogen and oxygen atoms in total. The molecule has 0 bridgehead atoms. The predicted molar refractivity (Wildman–Crippen MR) is 95.2 cm³/mol. The standard InChI is InChI=1S/C20H16F4N2O3/c21-16-4-2-1-3-15(16)17-12-26-19(28-17)10-9-18(27)25-11-13-5-7-14(8-6-13)29-20(22,23)24/h1-8,12H,9-11H2,(H,25,27). The Hall–Kier alpha value is -3.36. The van der Waals surface area contributed by atoms with E-state index in [1.54, 1.807) is 18.2 Å². The smallest absolute Gasteiger partial charge is 0.441 e. The fraction of sp³-hybridized carbons (Fsp3) is 0.200. The highest BCUT2D eigenvalue weighted by Crippen LogP contribution is 2.24. The van der Waals surface area contributed by atoms with Gasteiger partial charge in [0.2, 0.25) is 5.91 Å². The number of carbonyl (C=O) groups excluding carboxylic acids is 1. The Labute approximate surface area is 163 Å². The molecule has 0 saturated carbocycles. The van der Waals surface area contributed by atoms with Crippen molar-refractivity contribution in [2.45, 2.75) is 25.7 Å². The van der Waals surface area contributed by atoms with Crippen molar-refractivity contribution in [3.05, 3.63) is 72.0 Å². The summed E-state index contributed by atoms with van der Waals surface area (Å²) in [6.45, 7) is 0.150. The molecule has 2 aromatic carbocycles. The molecule has 3 rings (SSSR count). The van der Waals surface area contributed by atoms with E-state index in [0.717, 1.165) is 0 Å². The number of oxazole rings is 1. The number of nitrogens with zero attached hydrogens (tertiary/aromatic N) is 1. The van der Waals surface area contributed by atoms with Crippen LogP contribution in [0.3, 0.4) is 0 Å². The second kappa shape index (κ2) is 8.76. The lowest BCUT2D eigenvalue weighted by Gasteiger charge is -2.09. The summed E-state index contributed by atoms with van der Waals surface area (Å²) in [5.41, 5.74) is 0.902. The average molecular weight is 408 g/mol. The Bertz CT molecular complexity index is 968. The van der Waals surface area contributed by atoms with Gasteiger partial charge in [-0.25, -0.2) is 9.37 Å². The van der Waals surface area contributed by atoms with Gasteiger partial charge in [-0.05, 0) is 29.8 Å². The SMILES string of the molecule is O=C(CCc1ncc(-c2ccccc2F)o1)NCc1ccc(OC(F)(F)F)cc1. The zero-order valence-electron chi connectivity index (χ0n) is 15.0. The van der Waals surface area contributed by atoms with Crippen LogP contribution in [0.5, 0.6) is 5.75 Å². The number of amides is 1. The molecule has 9 heteroatoms. The van der Waals surface area contributed by atoms with Crippen LogP contribution in [0.15, 0.2) is 59.1 Å². The zero-order chi connectivity index (χ0) is 20.9. The van der Waals surface area contributed by atoms with Gasteiger partial charge in [-0.2, -0.15) is 0 Å². The number of hydrogen-bond donors (Lipinski definition) is 1. The first-order valence-corrected chi connectivity index (χ1v) is 8.61. The third-order valence-corrected chi connectivity index (χ3v) is 3.91. The summed E-state index contributed by atoms with van der Waals surface area (Å²) in [6, 6.07) is 11.3. The monoisotopic (exact) mass is 408 g/mol. The number of halogens is 4. The molecule has 0 saturated heterocycles. The van der Waals surface area contributed by atoms with Crippen LogP contribution >= 0.6 is 0 Å².